The average molecular weight is 175 g/mol. The second-order valence-electron chi connectivity index (χ2n) is 3.15. The molecule has 0 aliphatic heterocycles. The molecule has 0 aliphatic rings. The first-order chi connectivity index (χ1) is 6.31. The summed E-state index contributed by atoms with van der Waals surface area (Å²) < 4.78 is 0. The Morgan fingerprint density at radius 2 is 2.08 bits per heavy atom. The van der Waals surface area contributed by atoms with E-state index in [4.69, 9.17) is 0 Å². The molecule has 0 saturated carbocycles. The van der Waals surface area contributed by atoms with Gasteiger partial charge in [-0.15, -0.1) is 0 Å². The molecule has 0 N–H and O–H groups in total. The predicted molar refractivity (Wildman–Crippen MR) is 63.4 cm³/mol. The van der Waals surface area contributed by atoms with Gasteiger partial charge in [0.2, 0.25) is 0 Å². The lowest BCUT2D eigenvalue weighted by Gasteiger charge is -1.95. The topological polar surface area (TPSA) is 0 Å². The molecule has 0 aromatic rings. The second-order valence-corrected chi connectivity index (χ2v) is 3.15. The Balaban J connectivity index is 3.43. The van der Waals surface area contributed by atoms with E-state index in [1.807, 2.05) is 0 Å². The molecule has 0 bridgehead atoms. The third-order valence-electron chi connectivity index (χ3n) is 1.84. The fourth-order valence-corrected chi connectivity index (χ4v) is 1.03. The minimum Gasteiger partial charge on any atom is -0.0958 e. The summed E-state index contributed by atoms with van der Waals surface area (Å²) in [6.07, 6.45) is 13.1. The van der Waals surface area contributed by atoms with Gasteiger partial charge < -0.3 is 0 Å². The van der Waals surface area contributed by atoms with Gasteiger partial charge in [0, 0.05) is 0 Å². The molecule has 0 aliphatic carbocycles. The largest absolute Gasteiger partial charge is 0.106 e. The zero-order valence-corrected chi connectivity index (χ0v) is 8.92. The normalized spacial score (nSPS) is 11.2. The average Bonchev–Trinajstić information content (AvgIpc) is 2.13. The summed E-state index contributed by atoms with van der Waals surface area (Å²) in [4.78, 5) is 0. The first-order valence-corrected chi connectivity index (χ1v) is 5.04. The van der Waals surface area contributed by atoms with E-state index in [-0.39, 0.29) is 0 Å². The molecule has 0 spiro atoms. The summed E-state index contributed by atoms with van der Waals surface area (Å²) in [5.74, 6) is 0. The Morgan fingerprint density at radius 1 is 1.31 bits per heavy atom. The van der Waals surface area contributed by atoms with E-state index < -0.39 is 0 Å². The van der Waals surface area contributed by atoms with Gasteiger partial charge in [-0.1, -0.05) is 49.6 Å². The van der Waals surface area contributed by atoms with Crippen molar-refractivity contribution in [1.82, 2.24) is 0 Å². The van der Waals surface area contributed by atoms with E-state index in [1.54, 1.807) is 0 Å². The molecule has 71 valence electrons. The summed E-state index contributed by atoms with van der Waals surface area (Å²) in [7, 11) is 2.19. The van der Waals surface area contributed by atoms with Crippen molar-refractivity contribution in [2.75, 3.05) is 0 Å². The number of allylic oxidation sites excluding steroid dienone is 5. The third-order valence-corrected chi connectivity index (χ3v) is 1.84. The van der Waals surface area contributed by atoms with Gasteiger partial charge >= 0.3 is 0 Å². The van der Waals surface area contributed by atoms with Gasteiger partial charge in [0.1, 0.15) is 7.28 Å². The number of hydrogen-bond acceptors (Lipinski definition) is 0. The lowest BCUT2D eigenvalue weighted by molar-refractivity contribution is 1.01. The van der Waals surface area contributed by atoms with E-state index in [2.05, 4.69) is 51.9 Å². The standard InChI is InChI=1S/C12H20B/c1-4-5-6-9-12(2)10-7-8-11-13-3/h4-5,7,10H,2,6,8-9,11H2,1,3H3/b5-4-,10-7-. The molecule has 0 unspecified atom stereocenters. The summed E-state index contributed by atoms with van der Waals surface area (Å²) in [6, 6.07) is 0. The van der Waals surface area contributed by atoms with Crippen LogP contribution in [0.4, 0.5) is 0 Å². The van der Waals surface area contributed by atoms with Crippen LogP contribution in [0.5, 0.6) is 0 Å². The molecule has 0 aromatic carbocycles. The van der Waals surface area contributed by atoms with Crippen molar-refractivity contribution >= 4 is 7.28 Å². The van der Waals surface area contributed by atoms with Crippen LogP contribution in [0.1, 0.15) is 26.2 Å². The maximum absolute atomic E-state index is 3.99. The Hall–Kier alpha value is -0.715. The highest BCUT2D eigenvalue weighted by molar-refractivity contribution is 6.33. The molecular formula is C12H20B. The van der Waals surface area contributed by atoms with Crippen LogP contribution in [-0.4, -0.2) is 7.28 Å². The van der Waals surface area contributed by atoms with Crippen molar-refractivity contribution in [3.63, 3.8) is 0 Å². The zero-order chi connectivity index (χ0) is 9.94. The third kappa shape index (κ3) is 9.20. The molecular weight excluding hydrogens is 155 g/mol. The van der Waals surface area contributed by atoms with Crippen molar-refractivity contribution < 1.29 is 0 Å². The maximum Gasteiger partial charge on any atom is 0.106 e. The van der Waals surface area contributed by atoms with Crippen LogP contribution in [0, 0.1) is 0 Å². The molecule has 0 atom stereocenters. The Bertz CT molecular complexity index is 178. The highest BCUT2D eigenvalue weighted by Crippen LogP contribution is 2.05. The van der Waals surface area contributed by atoms with Crippen LogP contribution >= 0.6 is 0 Å². The highest BCUT2D eigenvalue weighted by atomic mass is 13.9. The molecule has 0 aromatic heterocycles. The molecule has 1 heteroatoms. The van der Waals surface area contributed by atoms with Gasteiger partial charge in [-0.05, 0) is 26.2 Å². The SMILES string of the molecule is C=C(/C=C\CC[B]C)CC/C=C\C. The maximum atomic E-state index is 3.99. The molecule has 0 saturated heterocycles. The molecule has 0 rings (SSSR count). The summed E-state index contributed by atoms with van der Waals surface area (Å²) in [5, 5.41) is 0. The Kier molecular flexibility index (Phi) is 8.86. The zero-order valence-electron chi connectivity index (χ0n) is 8.92. The summed E-state index contributed by atoms with van der Waals surface area (Å²) in [6.45, 7) is 8.14. The van der Waals surface area contributed by atoms with E-state index in [0.717, 1.165) is 19.3 Å². The van der Waals surface area contributed by atoms with Gasteiger partial charge in [-0.3, -0.25) is 0 Å². The quantitative estimate of drug-likeness (QED) is 0.237. The van der Waals surface area contributed by atoms with Crippen LogP contribution in [0.3, 0.4) is 0 Å². The smallest absolute Gasteiger partial charge is 0.0958 e. The highest BCUT2D eigenvalue weighted by Gasteiger charge is 1.86. The lowest BCUT2D eigenvalue weighted by atomic mass is 9.77. The van der Waals surface area contributed by atoms with Crippen LogP contribution in [0.2, 0.25) is 13.1 Å². The van der Waals surface area contributed by atoms with E-state index in [1.165, 1.54) is 11.9 Å². The van der Waals surface area contributed by atoms with Crippen LogP contribution < -0.4 is 0 Å². The van der Waals surface area contributed by atoms with Gasteiger partial charge in [0.15, 0.2) is 0 Å². The van der Waals surface area contributed by atoms with Crippen molar-refractivity contribution in [2.24, 2.45) is 0 Å². The molecule has 13 heavy (non-hydrogen) atoms. The predicted octanol–water partition coefficient (Wildman–Crippen LogP) is 4.02. The molecule has 1 radical (unpaired) electrons. The van der Waals surface area contributed by atoms with Gasteiger partial charge in [0.05, 0.1) is 0 Å². The van der Waals surface area contributed by atoms with Gasteiger partial charge in [-0.25, -0.2) is 0 Å². The molecule has 0 fully saturated rings. The van der Waals surface area contributed by atoms with E-state index >= 15 is 0 Å². The van der Waals surface area contributed by atoms with Gasteiger partial charge in [-0.2, -0.15) is 0 Å². The lowest BCUT2D eigenvalue weighted by Crippen LogP contribution is -1.78. The molecule has 0 heterocycles. The van der Waals surface area contributed by atoms with Gasteiger partial charge in [0.25, 0.3) is 0 Å². The second kappa shape index (κ2) is 9.37. The minimum atomic E-state index is 1.08. The van der Waals surface area contributed by atoms with Crippen LogP contribution in [0.25, 0.3) is 0 Å². The fraction of sp³-hybridized carbons (Fsp3) is 0.500. The van der Waals surface area contributed by atoms with Crippen molar-refractivity contribution in [1.29, 1.82) is 0 Å². The van der Waals surface area contributed by atoms with Crippen molar-refractivity contribution in [3.05, 3.63) is 36.5 Å². The minimum absolute atomic E-state index is 1.08. The molecule has 0 nitrogen and oxygen atoms in total. The van der Waals surface area contributed by atoms with Crippen molar-refractivity contribution in [2.45, 2.75) is 39.3 Å². The van der Waals surface area contributed by atoms with E-state index in [0.29, 0.717) is 0 Å². The monoisotopic (exact) mass is 175 g/mol. The van der Waals surface area contributed by atoms with Crippen LogP contribution in [-0.2, 0) is 0 Å². The van der Waals surface area contributed by atoms with E-state index in [9.17, 15) is 0 Å². The number of rotatable bonds is 7. The molecule has 0 amide bonds. The first kappa shape index (κ1) is 12.3. The first-order valence-electron chi connectivity index (χ1n) is 5.04. The van der Waals surface area contributed by atoms with Crippen molar-refractivity contribution in [3.8, 4) is 0 Å². The Morgan fingerprint density at radius 3 is 2.69 bits per heavy atom. The Labute approximate surface area is 83.7 Å². The summed E-state index contributed by atoms with van der Waals surface area (Å²) >= 11 is 0. The fourth-order valence-electron chi connectivity index (χ4n) is 1.03. The van der Waals surface area contributed by atoms with Crippen LogP contribution in [0.15, 0.2) is 36.5 Å². The number of hydrogen-bond donors (Lipinski definition) is 0. The summed E-state index contributed by atoms with van der Waals surface area (Å²) in [5.41, 5.74) is 1.23.